The van der Waals surface area contributed by atoms with E-state index in [2.05, 4.69) is 11.0 Å². The second-order valence-electron chi connectivity index (χ2n) is 3.34. The van der Waals surface area contributed by atoms with E-state index in [4.69, 9.17) is 9.68 Å². The molecule has 0 aliphatic heterocycles. The summed E-state index contributed by atoms with van der Waals surface area (Å²) in [5.41, 5.74) is 7.30. The van der Waals surface area contributed by atoms with Crippen LogP contribution in [0.3, 0.4) is 0 Å². The number of anilines is 2. The molecule has 0 aliphatic rings. The summed E-state index contributed by atoms with van der Waals surface area (Å²) < 4.78 is 0. The Morgan fingerprint density at radius 3 is 1.47 bits per heavy atom. The van der Waals surface area contributed by atoms with Crippen LogP contribution in [0.25, 0.3) is 0 Å². The van der Waals surface area contributed by atoms with E-state index in [1.807, 2.05) is 60.7 Å². The Kier molecular flexibility index (Phi) is 4.39. The third kappa shape index (κ3) is 4.14. The van der Waals surface area contributed by atoms with Gasteiger partial charge in [0.05, 0.1) is 11.4 Å². The first-order valence-corrected chi connectivity index (χ1v) is 5.31. The molecule has 17 heavy (non-hydrogen) atoms. The number of rotatable bonds is 6. The van der Waals surface area contributed by atoms with Crippen LogP contribution in [0.4, 0.5) is 11.4 Å². The molecule has 0 fully saturated rings. The van der Waals surface area contributed by atoms with E-state index in [0.29, 0.717) is 0 Å². The Morgan fingerprint density at radius 2 is 1.06 bits per heavy atom. The molecular formula is C13H14N2O2. The van der Waals surface area contributed by atoms with E-state index in [1.165, 1.54) is 0 Å². The summed E-state index contributed by atoms with van der Waals surface area (Å²) in [6.07, 6.45) is 0. The van der Waals surface area contributed by atoms with Crippen LogP contribution in [0, 0.1) is 0 Å². The number of nitrogens with one attached hydrogen (secondary N) is 2. The largest absolute Gasteiger partial charge is 0.264 e. The highest BCUT2D eigenvalue weighted by molar-refractivity contribution is 5.40. The second kappa shape index (κ2) is 6.52. The highest BCUT2D eigenvalue weighted by atomic mass is 16.8. The van der Waals surface area contributed by atoms with Crippen LogP contribution >= 0.6 is 0 Å². The van der Waals surface area contributed by atoms with Gasteiger partial charge in [-0.15, -0.1) is 0 Å². The topological polar surface area (TPSA) is 42.5 Å². The molecule has 0 heterocycles. The number of para-hydroxylation sites is 2. The van der Waals surface area contributed by atoms with Gasteiger partial charge in [-0.2, -0.15) is 0 Å². The number of hydrogen-bond donors (Lipinski definition) is 2. The number of hydrogen-bond acceptors (Lipinski definition) is 4. The van der Waals surface area contributed by atoms with Crippen molar-refractivity contribution in [2.24, 2.45) is 0 Å². The van der Waals surface area contributed by atoms with Crippen molar-refractivity contribution < 1.29 is 9.68 Å². The predicted molar refractivity (Wildman–Crippen MR) is 67.2 cm³/mol. The van der Waals surface area contributed by atoms with E-state index < -0.39 is 0 Å². The highest BCUT2D eigenvalue weighted by Crippen LogP contribution is 2.06. The summed E-state index contributed by atoms with van der Waals surface area (Å²) in [5, 5.41) is 0. The third-order valence-corrected chi connectivity index (χ3v) is 2.05. The second-order valence-corrected chi connectivity index (χ2v) is 3.34. The van der Waals surface area contributed by atoms with Crippen LogP contribution in [-0.2, 0) is 9.68 Å². The van der Waals surface area contributed by atoms with Crippen LogP contribution in [0.5, 0.6) is 0 Å². The minimum atomic E-state index is 0.101. The van der Waals surface area contributed by atoms with Crippen molar-refractivity contribution in [3.8, 4) is 0 Å². The Bertz CT molecular complexity index is 378. The summed E-state index contributed by atoms with van der Waals surface area (Å²) in [5.74, 6) is 0. The summed E-state index contributed by atoms with van der Waals surface area (Å²) in [6, 6.07) is 19.2. The van der Waals surface area contributed by atoms with E-state index >= 15 is 0 Å². The summed E-state index contributed by atoms with van der Waals surface area (Å²) >= 11 is 0. The number of benzene rings is 2. The van der Waals surface area contributed by atoms with Gasteiger partial charge in [-0.05, 0) is 24.3 Å². The molecule has 0 bridgehead atoms. The van der Waals surface area contributed by atoms with Crippen molar-refractivity contribution >= 4 is 11.4 Å². The van der Waals surface area contributed by atoms with Crippen molar-refractivity contribution in [1.29, 1.82) is 0 Å². The molecule has 0 unspecified atom stereocenters. The normalized spacial score (nSPS) is 9.88. The SMILES string of the molecule is c1ccc(NOCONc2ccccc2)cc1. The Labute approximate surface area is 100 Å². The molecule has 2 rings (SSSR count). The molecular weight excluding hydrogens is 216 g/mol. The van der Waals surface area contributed by atoms with Crippen molar-refractivity contribution in [2.45, 2.75) is 0 Å². The van der Waals surface area contributed by atoms with Crippen molar-refractivity contribution in [3.63, 3.8) is 0 Å². The summed E-state index contributed by atoms with van der Waals surface area (Å²) in [7, 11) is 0. The van der Waals surface area contributed by atoms with Gasteiger partial charge in [0.2, 0.25) is 0 Å². The first-order valence-electron chi connectivity index (χ1n) is 5.31. The Morgan fingerprint density at radius 1 is 0.647 bits per heavy atom. The van der Waals surface area contributed by atoms with Crippen LogP contribution < -0.4 is 11.0 Å². The monoisotopic (exact) mass is 230 g/mol. The van der Waals surface area contributed by atoms with Crippen molar-refractivity contribution in [3.05, 3.63) is 60.7 Å². The van der Waals surface area contributed by atoms with Gasteiger partial charge in [0.25, 0.3) is 0 Å². The van der Waals surface area contributed by atoms with Gasteiger partial charge >= 0.3 is 0 Å². The van der Waals surface area contributed by atoms with Gasteiger partial charge in [0.15, 0.2) is 6.79 Å². The van der Waals surface area contributed by atoms with Gasteiger partial charge in [0.1, 0.15) is 0 Å². The minimum Gasteiger partial charge on any atom is -0.264 e. The first kappa shape index (κ1) is 11.4. The maximum atomic E-state index is 5.11. The lowest BCUT2D eigenvalue weighted by Gasteiger charge is -2.08. The lowest BCUT2D eigenvalue weighted by molar-refractivity contribution is -0.00521. The zero-order valence-electron chi connectivity index (χ0n) is 9.30. The molecule has 0 saturated carbocycles. The van der Waals surface area contributed by atoms with Gasteiger partial charge < -0.3 is 0 Å². The first-order chi connectivity index (χ1) is 8.45. The van der Waals surface area contributed by atoms with Gasteiger partial charge in [-0.3, -0.25) is 11.0 Å². The fraction of sp³-hybridized carbons (Fsp3) is 0.0769. The molecule has 0 spiro atoms. The molecule has 0 saturated heterocycles. The van der Waals surface area contributed by atoms with E-state index in [-0.39, 0.29) is 6.79 Å². The zero-order valence-corrected chi connectivity index (χ0v) is 9.30. The maximum Gasteiger partial charge on any atom is 0.199 e. The lowest BCUT2D eigenvalue weighted by Crippen LogP contribution is -2.09. The minimum absolute atomic E-state index is 0.101. The Hall–Kier alpha value is -2.04. The van der Waals surface area contributed by atoms with Crippen LogP contribution in [0.2, 0.25) is 0 Å². The third-order valence-electron chi connectivity index (χ3n) is 2.05. The summed E-state index contributed by atoms with van der Waals surface area (Å²) in [6.45, 7) is 0.101. The molecule has 0 amide bonds. The van der Waals surface area contributed by atoms with E-state index in [0.717, 1.165) is 11.4 Å². The van der Waals surface area contributed by atoms with Crippen molar-refractivity contribution in [1.82, 2.24) is 0 Å². The molecule has 2 aromatic rings. The van der Waals surface area contributed by atoms with Crippen molar-refractivity contribution in [2.75, 3.05) is 17.8 Å². The Balaban J connectivity index is 1.61. The smallest absolute Gasteiger partial charge is 0.199 e. The average molecular weight is 230 g/mol. The van der Waals surface area contributed by atoms with Gasteiger partial charge in [-0.1, -0.05) is 36.4 Å². The lowest BCUT2D eigenvalue weighted by atomic mass is 10.3. The van der Waals surface area contributed by atoms with Crippen LogP contribution in [-0.4, -0.2) is 6.79 Å². The molecule has 0 radical (unpaired) electrons. The average Bonchev–Trinajstić information content (AvgIpc) is 2.41. The highest BCUT2D eigenvalue weighted by Gasteiger charge is 1.91. The van der Waals surface area contributed by atoms with E-state index in [9.17, 15) is 0 Å². The molecule has 4 nitrogen and oxygen atoms in total. The van der Waals surface area contributed by atoms with Crippen LogP contribution in [0.1, 0.15) is 0 Å². The molecule has 0 aromatic heterocycles. The molecule has 2 aromatic carbocycles. The standard InChI is InChI=1S/C13H14N2O2/c1-3-7-12(8-4-1)14-16-11-17-15-13-9-5-2-6-10-13/h1-10,14-15H,11H2. The van der Waals surface area contributed by atoms with Gasteiger partial charge in [-0.25, -0.2) is 9.68 Å². The van der Waals surface area contributed by atoms with Crippen LogP contribution in [0.15, 0.2) is 60.7 Å². The fourth-order valence-electron chi connectivity index (χ4n) is 1.27. The quantitative estimate of drug-likeness (QED) is 0.455. The molecule has 0 aliphatic carbocycles. The molecule has 4 heteroatoms. The molecule has 2 N–H and O–H groups in total. The molecule has 88 valence electrons. The molecule has 0 atom stereocenters. The fourth-order valence-corrected chi connectivity index (χ4v) is 1.27. The maximum absolute atomic E-state index is 5.11. The van der Waals surface area contributed by atoms with Gasteiger partial charge in [0, 0.05) is 0 Å². The van der Waals surface area contributed by atoms with E-state index in [1.54, 1.807) is 0 Å². The summed E-state index contributed by atoms with van der Waals surface area (Å²) in [4.78, 5) is 10.2. The predicted octanol–water partition coefficient (Wildman–Crippen LogP) is 3.03. The zero-order chi connectivity index (χ0) is 11.8.